The number of aliphatic imine (C=N–C) groups is 1. The van der Waals surface area contributed by atoms with Crippen LogP contribution in [0.2, 0.25) is 0 Å². The van der Waals surface area contributed by atoms with Crippen molar-refractivity contribution in [3.05, 3.63) is 11.7 Å². The number of rotatable bonds is 9. The number of guanidine groups is 1. The molecule has 0 atom stereocenters. The predicted molar refractivity (Wildman–Crippen MR) is 102 cm³/mol. The first kappa shape index (κ1) is 19.7. The Kier molecular flexibility index (Phi) is 8.77. The molecule has 1 aromatic heterocycles. The first-order valence-corrected chi connectivity index (χ1v) is 9.96. The van der Waals surface area contributed by atoms with Crippen molar-refractivity contribution in [1.29, 1.82) is 0 Å². The van der Waals surface area contributed by atoms with Crippen molar-refractivity contribution in [2.24, 2.45) is 10.9 Å². The molecule has 25 heavy (non-hydrogen) atoms. The van der Waals surface area contributed by atoms with Gasteiger partial charge in [0.1, 0.15) is 0 Å². The maximum Gasteiger partial charge on any atom is 0.226 e. The molecule has 1 aliphatic carbocycles. The van der Waals surface area contributed by atoms with E-state index in [9.17, 15) is 0 Å². The van der Waals surface area contributed by atoms with Crippen LogP contribution in [-0.2, 0) is 6.42 Å². The van der Waals surface area contributed by atoms with Gasteiger partial charge in [-0.25, -0.2) is 0 Å². The molecule has 0 unspecified atom stereocenters. The van der Waals surface area contributed by atoms with E-state index < -0.39 is 0 Å². The van der Waals surface area contributed by atoms with E-state index in [0.29, 0.717) is 5.92 Å². The summed E-state index contributed by atoms with van der Waals surface area (Å²) in [6.45, 7) is 5.99. The topological polar surface area (TPSA) is 75.3 Å². The molecular weight excluding hydrogens is 314 g/mol. The summed E-state index contributed by atoms with van der Waals surface area (Å²) in [5.41, 5.74) is 0. The Morgan fingerprint density at radius 1 is 1.16 bits per heavy atom. The van der Waals surface area contributed by atoms with Crippen LogP contribution in [0.1, 0.15) is 82.8 Å². The van der Waals surface area contributed by atoms with E-state index in [1.165, 1.54) is 44.9 Å². The number of aromatic nitrogens is 2. The van der Waals surface area contributed by atoms with E-state index in [1.54, 1.807) is 0 Å². The summed E-state index contributed by atoms with van der Waals surface area (Å²) in [6.07, 6.45) is 11.5. The molecule has 6 heteroatoms. The average molecular weight is 350 g/mol. The van der Waals surface area contributed by atoms with Gasteiger partial charge >= 0.3 is 0 Å². The molecule has 1 aromatic rings. The van der Waals surface area contributed by atoms with Gasteiger partial charge in [-0.05, 0) is 25.2 Å². The summed E-state index contributed by atoms with van der Waals surface area (Å²) in [7, 11) is 1.82. The molecule has 0 aromatic carbocycles. The minimum absolute atomic E-state index is 0.312. The summed E-state index contributed by atoms with van der Waals surface area (Å²) < 4.78 is 5.26. The molecule has 0 bridgehead atoms. The number of hydrogen-bond donors (Lipinski definition) is 2. The van der Waals surface area contributed by atoms with Gasteiger partial charge in [0.05, 0.1) is 0 Å². The molecule has 2 N–H and O–H groups in total. The van der Waals surface area contributed by atoms with Crippen LogP contribution in [0, 0.1) is 5.92 Å². The van der Waals surface area contributed by atoms with Crippen molar-refractivity contribution in [3.63, 3.8) is 0 Å². The summed E-state index contributed by atoms with van der Waals surface area (Å²) >= 11 is 0. The minimum Gasteiger partial charge on any atom is -0.356 e. The second-order valence-electron chi connectivity index (χ2n) is 7.38. The first-order chi connectivity index (χ1) is 12.2. The second-order valence-corrected chi connectivity index (χ2v) is 7.38. The van der Waals surface area contributed by atoms with Gasteiger partial charge < -0.3 is 15.2 Å². The van der Waals surface area contributed by atoms with E-state index in [2.05, 4.69) is 39.6 Å². The molecule has 1 heterocycles. The van der Waals surface area contributed by atoms with Crippen LogP contribution in [0.3, 0.4) is 0 Å². The largest absolute Gasteiger partial charge is 0.356 e. The summed E-state index contributed by atoms with van der Waals surface area (Å²) in [6, 6.07) is 0. The van der Waals surface area contributed by atoms with Crippen LogP contribution in [0.15, 0.2) is 9.52 Å². The van der Waals surface area contributed by atoms with Gasteiger partial charge in [-0.15, -0.1) is 0 Å². The highest BCUT2D eigenvalue weighted by atomic mass is 16.5. The Balaban J connectivity index is 1.53. The van der Waals surface area contributed by atoms with Crippen molar-refractivity contribution in [2.45, 2.75) is 77.6 Å². The van der Waals surface area contributed by atoms with E-state index in [1.807, 2.05) is 7.05 Å². The Morgan fingerprint density at radius 2 is 1.88 bits per heavy atom. The molecule has 0 aliphatic heterocycles. The van der Waals surface area contributed by atoms with Crippen LogP contribution in [0.5, 0.6) is 0 Å². The highest BCUT2D eigenvalue weighted by Gasteiger charge is 2.12. The zero-order valence-electron chi connectivity index (χ0n) is 16.2. The van der Waals surface area contributed by atoms with Crippen LogP contribution >= 0.6 is 0 Å². The number of nitrogens with one attached hydrogen (secondary N) is 2. The highest BCUT2D eigenvalue weighted by molar-refractivity contribution is 5.79. The average Bonchev–Trinajstić information content (AvgIpc) is 3.10. The summed E-state index contributed by atoms with van der Waals surface area (Å²) in [4.78, 5) is 8.69. The van der Waals surface area contributed by atoms with Gasteiger partial charge in [0.15, 0.2) is 11.8 Å². The summed E-state index contributed by atoms with van der Waals surface area (Å²) in [5.74, 6) is 3.67. The third kappa shape index (κ3) is 7.45. The van der Waals surface area contributed by atoms with Crippen LogP contribution in [-0.4, -0.2) is 36.2 Å². The molecule has 0 spiro atoms. The number of aryl methyl sites for hydroxylation is 1. The van der Waals surface area contributed by atoms with E-state index in [0.717, 1.165) is 49.5 Å². The molecule has 6 nitrogen and oxygen atoms in total. The lowest BCUT2D eigenvalue weighted by molar-refractivity contribution is 0.332. The zero-order chi connectivity index (χ0) is 17.9. The van der Waals surface area contributed by atoms with E-state index in [-0.39, 0.29) is 0 Å². The molecule has 142 valence electrons. The fraction of sp³-hybridized carbons (Fsp3) is 0.842. The normalized spacial score (nSPS) is 16.4. The Hall–Kier alpha value is -1.59. The van der Waals surface area contributed by atoms with Crippen molar-refractivity contribution in [3.8, 4) is 0 Å². The molecule has 1 fully saturated rings. The van der Waals surface area contributed by atoms with Crippen LogP contribution in [0.25, 0.3) is 0 Å². The molecule has 2 rings (SSSR count). The molecule has 0 amide bonds. The Bertz CT molecular complexity index is 506. The minimum atomic E-state index is 0.312. The third-order valence-electron chi connectivity index (χ3n) is 4.89. The van der Waals surface area contributed by atoms with Gasteiger partial charge in [-0.2, -0.15) is 4.98 Å². The highest BCUT2D eigenvalue weighted by Crippen LogP contribution is 2.26. The lowest BCUT2D eigenvalue weighted by Gasteiger charge is -2.21. The second kappa shape index (κ2) is 11.1. The SMILES string of the molecule is CN=C(NCCCc1nc(C(C)C)no1)NCCCC1CCCCC1. The number of nitrogens with zero attached hydrogens (tertiary/aromatic N) is 3. The predicted octanol–water partition coefficient (Wildman–Crippen LogP) is 3.65. The molecular formula is C19H35N5O. The Labute approximate surface area is 152 Å². The first-order valence-electron chi connectivity index (χ1n) is 9.96. The smallest absolute Gasteiger partial charge is 0.226 e. The third-order valence-corrected chi connectivity index (χ3v) is 4.89. The van der Waals surface area contributed by atoms with Crippen molar-refractivity contribution in [1.82, 2.24) is 20.8 Å². The van der Waals surface area contributed by atoms with Gasteiger partial charge in [0.2, 0.25) is 5.89 Å². The van der Waals surface area contributed by atoms with Crippen molar-refractivity contribution >= 4 is 5.96 Å². The van der Waals surface area contributed by atoms with Gasteiger partial charge in [0.25, 0.3) is 0 Å². The van der Waals surface area contributed by atoms with E-state index in [4.69, 9.17) is 4.52 Å². The lowest BCUT2D eigenvalue weighted by Crippen LogP contribution is -2.38. The summed E-state index contributed by atoms with van der Waals surface area (Å²) in [5, 5.41) is 10.8. The molecule has 0 saturated heterocycles. The van der Waals surface area contributed by atoms with Gasteiger partial charge in [-0.3, -0.25) is 4.99 Å². The van der Waals surface area contributed by atoms with Gasteiger partial charge in [-0.1, -0.05) is 51.1 Å². The number of hydrogen-bond acceptors (Lipinski definition) is 4. The Morgan fingerprint density at radius 3 is 2.52 bits per heavy atom. The standard InChI is InChI=1S/C19H35N5O/c1-15(2)18-23-17(25-24-18)12-8-14-22-19(20-3)21-13-7-11-16-9-5-4-6-10-16/h15-16H,4-14H2,1-3H3,(H2,20,21,22). The fourth-order valence-corrected chi connectivity index (χ4v) is 3.34. The van der Waals surface area contributed by atoms with Crippen LogP contribution in [0.4, 0.5) is 0 Å². The monoisotopic (exact) mass is 349 g/mol. The zero-order valence-corrected chi connectivity index (χ0v) is 16.2. The van der Waals surface area contributed by atoms with Crippen molar-refractivity contribution < 1.29 is 4.52 Å². The van der Waals surface area contributed by atoms with Gasteiger partial charge in [0, 0.05) is 32.5 Å². The van der Waals surface area contributed by atoms with Crippen molar-refractivity contribution in [2.75, 3.05) is 20.1 Å². The molecule has 1 saturated carbocycles. The van der Waals surface area contributed by atoms with Crippen LogP contribution < -0.4 is 10.6 Å². The van der Waals surface area contributed by atoms with E-state index >= 15 is 0 Å². The molecule has 1 aliphatic rings. The maximum atomic E-state index is 5.26. The fourth-order valence-electron chi connectivity index (χ4n) is 3.34. The lowest BCUT2D eigenvalue weighted by atomic mass is 9.86. The quantitative estimate of drug-likeness (QED) is 0.404. The molecule has 0 radical (unpaired) electrons. The maximum absolute atomic E-state index is 5.26.